The fourth-order valence-electron chi connectivity index (χ4n) is 2.26. The van der Waals surface area contributed by atoms with Crippen LogP contribution in [0.15, 0.2) is 53.4 Å². The van der Waals surface area contributed by atoms with Crippen LogP contribution in [0.2, 0.25) is 0 Å². The first kappa shape index (κ1) is 19.2. The summed E-state index contributed by atoms with van der Waals surface area (Å²) in [5.41, 5.74) is 6.92. The molecular formula is C18H25N3O3S. The summed E-state index contributed by atoms with van der Waals surface area (Å²) in [6, 6.07) is 13.5. The molecule has 0 aliphatic heterocycles. The van der Waals surface area contributed by atoms with Crippen molar-refractivity contribution in [2.45, 2.75) is 17.9 Å². The van der Waals surface area contributed by atoms with E-state index in [1.807, 2.05) is 38.4 Å². The first-order valence-corrected chi connectivity index (χ1v) is 9.57. The third kappa shape index (κ3) is 6.04. The number of nitrogens with two attached hydrogens (primary N) is 1. The van der Waals surface area contributed by atoms with Crippen molar-refractivity contribution in [2.75, 3.05) is 33.0 Å². The van der Waals surface area contributed by atoms with Crippen molar-refractivity contribution in [2.24, 2.45) is 0 Å². The maximum Gasteiger partial charge on any atom is 0.240 e. The van der Waals surface area contributed by atoms with E-state index in [2.05, 4.69) is 9.62 Å². The molecule has 0 aromatic heterocycles. The Morgan fingerprint density at radius 2 is 1.76 bits per heavy atom. The second-order valence-corrected chi connectivity index (χ2v) is 7.77. The van der Waals surface area contributed by atoms with Gasteiger partial charge in [0.05, 0.1) is 11.5 Å². The highest BCUT2D eigenvalue weighted by molar-refractivity contribution is 7.89. The number of nitrogens with one attached hydrogen (secondary N) is 1. The molecule has 2 aromatic rings. The Hall–Kier alpha value is -2.09. The molecule has 0 saturated carbocycles. The highest BCUT2D eigenvalue weighted by atomic mass is 32.2. The van der Waals surface area contributed by atoms with Gasteiger partial charge in [0.25, 0.3) is 0 Å². The van der Waals surface area contributed by atoms with Gasteiger partial charge in [-0.25, -0.2) is 13.1 Å². The van der Waals surface area contributed by atoms with E-state index in [1.165, 1.54) is 12.1 Å². The minimum atomic E-state index is -3.60. The number of hydrogen-bond acceptors (Lipinski definition) is 5. The molecule has 25 heavy (non-hydrogen) atoms. The number of sulfonamides is 1. The first-order valence-electron chi connectivity index (χ1n) is 8.09. The third-order valence-corrected chi connectivity index (χ3v) is 5.04. The Bertz CT molecular complexity index is 774. The summed E-state index contributed by atoms with van der Waals surface area (Å²) in [6.07, 6.45) is 0.901. The monoisotopic (exact) mass is 363 g/mol. The molecule has 0 bridgehead atoms. The molecule has 136 valence electrons. The Morgan fingerprint density at radius 3 is 2.44 bits per heavy atom. The average Bonchev–Trinajstić information content (AvgIpc) is 2.58. The van der Waals surface area contributed by atoms with E-state index in [1.54, 1.807) is 12.1 Å². The van der Waals surface area contributed by atoms with Crippen LogP contribution in [0.3, 0.4) is 0 Å². The largest absolute Gasteiger partial charge is 0.493 e. The minimum Gasteiger partial charge on any atom is -0.493 e. The van der Waals surface area contributed by atoms with E-state index in [0.717, 1.165) is 18.5 Å². The van der Waals surface area contributed by atoms with Gasteiger partial charge in [-0.05, 0) is 50.8 Å². The van der Waals surface area contributed by atoms with Gasteiger partial charge < -0.3 is 15.4 Å². The van der Waals surface area contributed by atoms with E-state index in [-0.39, 0.29) is 11.4 Å². The molecule has 2 aromatic carbocycles. The van der Waals surface area contributed by atoms with Crippen LogP contribution in [0.4, 0.5) is 5.69 Å². The Labute approximate surface area is 149 Å². The van der Waals surface area contributed by atoms with E-state index >= 15 is 0 Å². The maximum absolute atomic E-state index is 12.4. The molecule has 2 rings (SSSR count). The Balaban J connectivity index is 1.99. The number of nitrogen functional groups attached to an aromatic ring is 1. The van der Waals surface area contributed by atoms with Crippen molar-refractivity contribution in [1.82, 2.24) is 9.62 Å². The average molecular weight is 363 g/mol. The van der Waals surface area contributed by atoms with Crippen molar-refractivity contribution < 1.29 is 13.2 Å². The number of anilines is 1. The van der Waals surface area contributed by atoms with Gasteiger partial charge in [0.1, 0.15) is 5.75 Å². The van der Waals surface area contributed by atoms with E-state index in [0.29, 0.717) is 18.0 Å². The molecule has 3 N–H and O–H groups in total. The van der Waals surface area contributed by atoms with Crippen LogP contribution in [0.5, 0.6) is 5.75 Å². The molecule has 0 aliphatic rings. The van der Waals surface area contributed by atoms with Gasteiger partial charge >= 0.3 is 0 Å². The lowest BCUT2D eigenvalue weighted by Crippen LogP contribution is -2.23. The van der Waals surface area contributed by atoms with Gasteiger partial charge in [0, 0.05) is 24.3 Å². The van der Waals surface area contributed by atoms with Crippen LogP contribution in [-0.4, -0.2) is 40.6 Å². The second-order valence-electron chi connectivity index (χ2n) is 6.01. The lowest BCUT2D eigenvalue weighted by atomic mass is 10.2. The zero-order valence-electron chi connectivity index (χ0n) is 14.6. The fraction of sp³-hybridized carbons (Fsp3) is 0.333. The SMILES string of the molecule is CN(C)CCCOc1ccccc1CNS(=O)(=O)c1ccc(N)cc1. The predicted molar refractivity (Wildman–Crippen MR) is 100.0 cm³/mol. The summed E-state index contributed by atoms with van der Waals surface area (Å²) in [5, 5.41) is 0. The quantitative estimate of drug-likeness (QED) is 0.526. The van der Waals surface area contributed by atoms with Gasteiger partial charge in [-0.15, -0.1) is 0 Å². The molecule has 7 heteroatoms. The van der Waals surface area contributed by atoms with Gasteiger partial charge in [0.15, 0.2) is 0 Å². The van der Waals surface area contributed by atoms with Crippen molar-refractivity contribution in [3.05, 3.63) is 54.1 Å². The summed E-state index contributed by atoms with van der Waals surface area (Å²) in [7, 11) is 0.431. The third-order valence-electron chi connectivity index (χ3n) is 3.62. The van der Waals surface area contributed by atoms with Crippen LogP contribution < -0.4 is 15.2 Å². The van der Waals surface area contributed by atoms with Crippen LogP contribution in [0, 0.1) is 0 Å². The Morgan fingerprint density at radius 1 is 1.08 bits per heavy atom. The van der Waals surface area contributed by atoms with Crippen LogP contribution in [-0.2, 0) is 16.6 Å². The molecule has 0 atom stereocenters. The topological polar surface area (TPSA) is 84.7 Å². The zero-order chi connectivity index (χ0) is 18.3. The van der Waals surface area contributed by atoms with Crippen molar-refractivity contribution in [3.8, 4) is 5.75 Å². The number of benzene rings is 2. The predicted octanol–water partition coefficient (Wildman–Crippen LogP) is 2.08. The second kappa shape index (κ2) is 8.84. The minimum absolute atomic E-state index is 0.163. The zero-order valence-corrected chi connectivity index (χ0v) is 15.4. The highest BCUT2D eigenvalue weighted by Crippen LogP contribution is 2.19. The summed E-state index contributed by atoms with van der Waals surface area (Å²) >= 11 is 0. The summed E-state index contributed by atoms with van der Waals surface area (Å²) in [5.74, 6) is 0.696. The standard InChI is InChI=1S/C18H25N3O3S/c1-21(2)12-5-13-24-18-7-4-3-6-15(18)14-20-25(22,23)17-10-8-16(19)9-11-17/h3-4,6-11,20H,5,12-14,19H2,1-2H3. The summed E-state index contributed by atoms with van der Waals surface area (Å²) < 4.78 is 33.1. The van der Waals surface area contributed by atoms with E-state index < -0.39 is 10.0 Å². The highest BCUT2D eigenvalue weighted by Gasteiger charge is 2.14. The molecule has 0 radical (unpaired) electrons. The molecule has 0 saturated heterocycles. The lowest BCUT2D eigenvalue weighted by molar-refractivity contribution is 0.279. The van der Waals surface area contributed by atoms with Crippen molar-refractivity contribution in [3.63, 3.8) is 0 Å². The molecule has 0 heterocycles. The normalized spacial score (nSPS) is 11.6. The van der Waals surface area contributed by atoms with E-state index in [9.17, 15) is 8.42 Å². The molecular weight excluding hydrogens is 338 g/mol. The molecule has 0 fully saturated rings. The van der Waals surface area contributed by atoms with Gasteiger partial charge in [-0.1, -0.05) is 18.2 Å². The Kier molecular flexibility index (Phi) is 6.81. The van der Waals surface area contributed by atoms with Crippen LogP contribution >= 0.6 is 0 Å². The van der Waals surface area contributed by atoms with Gasteiger partial charge in [0.2, 0.25) is 10.0 Å². The number of hydrogen-bond donors (Lipinski definition) is 2. The first-order chi connectivity index (χ1) is 11.9. The van der Waals surface area contributed by atoms with Gasteiger partial charge in [-0.2, -0.15) is 0 Å². The molecule has 0 unspecified atom stereocenters. The molecule has 0 aliphatic carbocycles. The number of rotatable bonds is 9. The van der Waals surface area contributed by atoms with Crippen LogP contribution in [0.25, 0.3) is 0 Å². The summed E-state index contributed by atoms with van der Waals surface area (Å²) in [4.78, 5) is 2.28. The number of ether oxygens (including phenoxy) is 1. The number of nitrogens with zero attached hydrogens (tertiary/aromatic N) is 1. The maximum atomic E-state index is 12.4. The number of para-hydroxylation sites is 1. The van der Waals surface area contributed by atoms with E-state index in [4.69, 9.17) is 10.5 Å². The smallest absolute Gasteiger partial charge is 0.240 e. The lowest BCUT2D eigenvalue weighted by Gasteiger charge is -2.14. The molecule has 0 spiro atoms. The molecule has 0 amide bonds. The fourth-order valence-corrected chi connectivity index (χ4v) is 3.26. The molecule has 6 nitrogen and oxygen atoms in total. The van der Waals surface area contributed by atoms with Gasteiger partial charge in [-0.3, -0.25) is 0 Å². The van der Waals surface area contributed by atoms with Crippen molar-refractivity contribution >= 4 is 15.7 Å². The van der Waals surface area contributed by atoms with Crippen LogP contribution in [0.1, 0.15) is 12.0 Å². The summed E-state index contributed by atoms with van der Waals surface area (Å²) in [6.45, 7) is 1.68. The van der Waals surface area contributed by atoms with Crippen molar-refractivity contribution in [1.29, 1.82) is 0 Å².